The fraction of sp³-hybridized carbons (Fsp3) is 0.300. The third-order valence-electron chi connectivity index (χ3n) is 1.77. The SMILES string of the molecule is CN[C@H]([C]=O)Cc1ccccc1. The summed E-state index contributed by atoms with van der Waals surface area (Å²) in [5.41, 5.74) is 1.15. The largest absolute Gasteiger partial charge is 0.310 e. The zero-order valence-electron chi connectivity index (χ0n) is 7.08. The normalized spacial score (nSPS) is 12.4. The molecule has 0 unspecified atom stereocenters. The summed E-state index contributed by atoms with van der Waals surface area (Å²) in [7, 11) is 1.76. The first-order valence-electron chi connectivity index (χ1n) is 3.95. The summed E-state index contributed by atoms with van der Waals surface area (Å²) < 4.78 is 0. The number of hydrogen-bond donors (Lipinski definition) is 1. The molecule has 0 saturated heterocycles. The minimum Gasteiger partial charge on any atom is -0.310 e. The van der Waals surface area contributed by atoms with Gasteiger partial charge in [-0.05, 0) is 19.0 Å². The van der Waals surface area contributed by atoms with Gasteiger partial charge in [-0.15, -0.1) is 0 Å². The number of hydrogen-bond acceptors (Lipinski definition) is 2. The predicted molar refractivity (Wildman–Crippen MR) is 48.7 cm³/mol. The Balaban J connectivity index is 2.56. The van der Waals surface area contributed by atoms with E-state index in [1.807, 2.05) is 36.6 Å². The average Bonchev–Trinajstić information content (AvgIpc) is 2.16. The smallest absolute Gasteiger partial charge is 0.217 e. The molecule has 0 spiro atoms. The summed E-state index contributed by atoms with van der Waals surface area (Å²) in [6.07, 6.45) is 2.65. The molecule has 1 aromatic carbocycles. The third-order valence-corrected chi connectivity index (χ3v) is 1.77. The minimum absolute atomic E-state index is 0.188. The highest BCUT2D eigenvalue weighted by Gasteiger charge is 2.04. The lowest BCUT2D eigenvalue weighted by Crippen LogP contribution is -2.28. The molecular formula is C10H12NO. The van der Waals surface area contributed by atoms with Crippen molar-refractivity contribution in [2.24, 2.45) is 0 Å². The van der Waals surface area contributed by atoms with Crippen LogP contribution in [0.4, 0.5) is 0 Å². The van der Waals surface area contributed by atoms with Crippen molar-refractivity contribution in [2.75, 3.05) is 7.05 Å². The molecule has 1 aromatic rings. The first kappa shape index (κ1) is 8.94. The van der Waals surface area contributed by atoms with Crippen LogP contribution in [0.15, 0.2) is 30.3 Å². The lowest BCUT2D eigenvalue weighted by molar-refractivity contribution is 0.526. The average molecular weight is 162 g/mol. The maximum atomic E-state index is 10.4. The van der Waals surface area contributed by atoms with E-state index in [0.717, 1.165) is 5.56 Å². The molecule has 0 aliphatic heterocycles. The van der Waals surface area contributed by atoms with Gasteiger partial charge >= 0.3 is 0 Å². The van der Waals surface area contributed by atoms with Gasteiger partial charge in [-0.25, -0.2) is 0 Å². The van der Waals surface area contributed by atoms with E-state index in [9.17, 15) is 4.79 Å². The van der Waals surface area contributed by atoms with E-state index < -0.39 is 0 Å². The maximum absolute atomic E-state index is 10.4. The second-order valence-electron chi connectivity index (χ2n) is 2.65. The minimum atomic E-state index is -0.188. The van der Waals surface area contributed by atoms with Crippen molar-refractivity contribution >= 4 is 6.29 Å². The lowest BCUT2D eigenvalue weighted by Gasteiger charge is -2.06. The summed E-state index contributed by atoms with van der Waals surface area (Å²) in [6.45, 7) is 0. The van der Waals surface area contributed by atoms with Crippen LogP contribution in [0.1, 0.15) is 5.56 Å². The van der Waals surface area contributed by atoms with E-state index in [0.29, 0.717) is 6.42 Å². The fourth-order valence-corrected chi connectivity index (χ4v) is 1.05. The van der Waals surface area contributed by atoms with Gasteiger partial charge in [0.05, 0.1) is 6.04 Å². The van der Waals surface area contributed by atoms with E-state index >= 15 is 0 Å². The van der Waals surface area contributed by atoms with Crippen molar-refractivity contribution in [3.05, 3.63) is 35.9 Å². The van der Waals surface area contributed by atoms with Crippen LogP contribution in [-0.2, 0) is 11.2 Å². The monoisotopic (exact) mass is 162 g/mol. The van der Waals surface area contributed by atoms with Gasteiger partial charge in [0, 0.05) is 0 Å². The summed E-state index contributed by atoms with van der Waals surface area (Å²) >= 11 is 0. The molecular weight excluding hydrogens is 150 g/mol. The second-order valence-corrected chi connectivity index (χ2v) is 2.65. The summed E-state index contributed by atoms with van der Waals surface area (Å²) in [5.74, 6) is 0. The van der Waals surface area contributed by atoms with E-state index in [1.165, 1.54) is 0 Å². The molecule has 0 amide bonds. The molecule has 0 fully saturated rings. The number of rotatable bonds is 4. The third kappa shape index (κ3) is 2.47. The standard InChI is InChI=1S/C10H12NO/c1-11-10(8-12)7-9-5-3-2-4-6-9/h2-6,10-11H,7H2,1H3/t10-/m0/s1. The zero-order valence-corrected chi connectivity index (χ0v) is 7.08. The highest BCUT2D eigenvalue weighted by atomic mass is 16.1. The molecule has 0 aromatic heterocycles. The maximum Gasteiger partial charge on any atom is 0.217 e. The molecule has 0 aliphatic carbocycles. The Morgan fingerprint density at radius 1 is 1.42 bits per heavy atom. The molecule has 63 valence electrons. The Bertz CT molecular complexity index is 233. The summed E-state index contributed by atoms with van der Waals surface area (Å²) in [4.78, 5) is 10.4. The molecule has 2 heteroatoms. The van der Waals surface area contributed by atoms with Crippen molar-refractivity contribution in [2.45, 2.75) is 12.5 Å². The van der Waals surface area contributed by atoms with Crippen molar-refractivity contribution in [3.63, 3.8) is 0 Å². The Hall–Kier alpha value is -1.15. The number of carbonyl (C=O) groups excluding carboxylic acids is 1. The van der Waals surface area contributed by atoms with E-state index in [1.54, 1.807) is 7.05 Å². The quantitative estimate of drug-likeness (QED) is 0.713. The van der Waals surface area contributed by atoms with Gasteiger partial charge < -0.3 is 5.32 Å². The van der Waals surface area contributed by atoms with Crippen LogP contribution in [0.5, 0.6) is 0 Å². The number of nitrogens with one attached hydrogen (secondary N) is 1. The highest BCUT2D eigenvalue weighted by molar-refractivity contribution is 5.59. The van der Waals surface area contributed by atoms with Crippen LogP contribution in [0.2, 0.25) is 0 Å². The lowest BCUT2D eigenvalue weighted by atomic mass is 10.1. The van der Waals surface area contributed by atoms with E-state index in [4.69, 9.17) is 0 Å². The van der Waals surface area contributed by atoms with Gasteiger partial charge in [0.15, 0.2) is 0 Å². The Labute approximate surface area is 72.6 Å². The highest BCUT2D eigenvalue weighted by Crippen LogP contribution is 2.01. The van der Waals surface area contributed by atoms with Crippen LogP contribution in [0, 0.1) is 0 Å². The van der Waals surface area contributed by atoms with Crippen molar-refractivity contribution in [1.82, 2.24) is 5.32 Å². The van der Waals surface area contributed by atoms with Crippen molar-refractivity contribution in [1.29, 1.82) is 0 Å². The van der Waals surface area contributed by atoms with Crippen molar-refractivity contribution < 1.29 is 4.79 Å². The molecule has 2 nitrogen and oxygen atoms in total. The molecule has 1 rings (SSSR count). The second kappa shape index (κ2) is 4.67. The first-order chi connectivity index (χ1) is 5.86. The molecule has 1 radical (unpaired) electrons. The van der Waals surface area contributed by atoms with Crippen LogP contribution >= 0.6 is 0 Å². The van der Waals surface area contributed by atoms with E-state index in [-0.39, 0.29) is 6.04 Å². The van der Waals surface area contributed by atoms with Gasteiger partial charge in [-0.1, -0.05) is 30.3 Å². The van der Waals surface area contributed by atoms with Gasteiger partial charge in [-0.2, -0.15) is 0 Å². The summed E-state index contributed by atoms with van der Waals surface area (Å²) in [6, 6.07) is 9.71. The molecule has 0 aliphatic rings. The van der Waals surface area contributed by atoms with Crippen LogP contribution in [0.25, 0.3) is 0 Å². The van der Waals surface area contributed by atoms with Crippen LogP contribution in [0.3, 0.4) is 0 Å². The van der Waals surface area contributed by atoms with E-state index in [2.05, 4.69) is 5.32 Å². The van der Waals surface area contributed by atoms with Crippen molar-refractivity contribution in [3.8, 4) is 0 Å². The fourth-order valence-electron chi connectivity index (χ4n) is 1.05. The topological polar surface area (TPSA) is 29.1 Å². The van der Waals surface area contributed by atoms with Gasteiger partial charge in [0.2, 0.25) is 6.29 Å². The molecule has 0 heterocycles. The van der Waals surface area contributed by atoms with Gasteiger partial charge in [-0.3, -0.25) is 4.79 Å². The molecule has 12 heavy (non-hydrogen) atoms. The Morgan fingerprint density at radius 2 is 2.08 bits per heavy atom. The summed E-state index contributed by atoms with van der Waals surface area (Å²) in [5, 5.41) is 2.88. The number of likely N-dealkylation sites (N-methyl/N-ethyl adjacent to an activating group) is 1. The van der Waals surface area contributed by atoms with Gasteiger partial charge in [0.25, 0.3) is 0 Å². The Kier molecular flexibility index (Phi) is 3.48. The number of benzene rings is 1. The van der Waals surface area contributed by atoms with Crippen LogP contribution < -0.4 is 5.32 Å². The zero-order chi connectivity index (χ0) is 8.81. The Morgan fingerprint density at radius 3 is 2.58 bits per heavy atom. The van der Waals surface area contributed by atoms with Gasteiger partial charge in [0.1, 0.15) is 0 Å². The molecule has 0 saturated carbocycles. The molecule has 0 bridgehead atoms. The predicted octanol–water partition coefficient (Wildman–Crippen LogP) is 0.927. The molecule has 1 atom stereocenters. The van der Waals surface area contributed by atoms with Crippen LogP contribution in [-0.4, -0.2) is 19.4 Å². The first-order valence-corrected chi connectivity index (χ1v) is 3.95. The molecule has 1 N–H and O–H groups in total.